The highest BCUT2D eigenvalue weighted by molar-refractivity contribution is 7.71. The fourth-order valence-electron chi connectivity index (χ4n) is 1.68. The summed E-state index contributed by atoms with van der Waals surface area (Å²) in [4.78, 5) is 13.4. The van der Waals surface area contributed by atoms with E-state index in [0.29, 0.717) is 6.54 Å². The van der Waals surface area contributed by atoms with Gasteiger partial charge in [-0.1, -0.05) is 0 Å². The van der Waals surface area contributed by atoms with Crippen LogP contribution in [0.15, 0.2) is 10.9 Å². The minimum atomic E-state index is -0.388. The average Bonchev–Trinajstić information content (AvgIpc) is 2.63. The van der Waals surface area contributed by atoms with Crippen LogP contribution in [0.1, 0.15) is 12.8 Å². The monoisotopic (exact) mass is 228 g/mol. The minimum Gasteiger partial charge on any atom is -0.494 e. The molecule has 5 nitrogen and oxygen atoms in total. The van der Waals surface area contributed by atoms with Gasteiger partial charge in [0.2, 0.25) is 0 Å². The van der Waals surface area contributed by atoms with E-state index in [-0.39, 0.29) is 22.3 Å². The summed E-state index contributed by atoms with van der Waals surface area (Å²) in [6.07, 6.45) is 2.07. The van der Waals surface area contributed by atoms with Gasteiger partial charge in [0.1, 0.15) is 0 Å². The number of aromatic nitrogens is 2. The van der Waals surface area contributed by atoms with Crippen LogP contribution < -0.4 is 5.56 Å². The van der Waals surface area contributed by atoms with Crippen LogP contribution in [0.3, 0.4) is 0 Å². The lowest BCUT2D eigenvalue weighted by atomic mass is 10.2. The van der Waals surface area contributed by atoms with Gasteiger partial charge < -0.3 is 9.84 Å². The Hall–Kier alpha value is -1.14. The maximum Gasteiger partial charge on any atom is 0.255 e. The summed E-state index contributed by atoms with van der Waals surface area (Å²) in [7, 11) is 0. The Kier molecular flexibility index (Phi) is 2.88. The molecule has 82 valence electrons. The van der Waals surface area contributed by atoms with Crippen molar-refractivity contribution in [2.24, 2.45) is 0 Å². The Morgan fingerprint density at radius 1 is 1.73 bits per heavy atom. The molecule has 1 fully saturated rings. The van der Waals surface area contributed by atoms with E-state index in [9.17, 15) is 9.90 Å². The van der Waals surface area contributed by atoms with Gasteiger partial charge in [-0.15, -0.1) is 0 Å². The Morgan fingerprint density at radius 2 is 2.53 bits per heavy atom. The number of hydrogen-bond acceptors (Lipinski definition) is 4. The summed E-state index contributed by atoms with van der Waals surface area (Å²) in [6, 6.07) is 1.12. The van der Waals surface area contributed by atoms with Crippen LogP contribution in [0.25, 0.3) is 0 Å². The Bertz CT molecular complexity index is 459. The molecule has 1 atom stereocenters. The van der Waals surface area contributed by atoms with Gasteiger partial charge >= 0.3 is 0 Å². The molecule has 1 unspecified atom stereocenters. The molecular formula is C9H12N2O3S. The number of aromatic hydroxyl groups is 1. The topological polar surface area (TPSA) is 67.2 Å². The number of ether oxygens (including phenoxy) is 1. The zero-order valence-electron chi connectivity index (χ0n) is 8.10. The molecule has 15 heavy (non-hydrogen) atoms. The third-order valence-corrected chi connectivity index (χ3v) is 2.74. The van der Waals surface area contributed by atoms with E-state index in [1.54, 1.807) is 0 Å². The zero-order valence-corrected chi connectivity index (χ0v) is 8.92. The van der Waals surface area contributed by atoms with Crippen molar-refractivity contribution in [2.45, 2.75) is 25.5 Å². The molecule has 2 rings (SSSR count). The van der Waals surface area contributed by atoms with E-state index in [1.165, 1.54) is 4.57 Å². The Morgan fingerprint density at radius 3 is 3.13 bits per heavy atom. The molecule has 1 aliphatic rings. The molecule has 0 bridgehead atoms. The quantitative estimate of drug-likeness (QED) is 0.734. The van der Waals surface area contributed by atoms with E-state index < -0.39 is 0 Å². The molecular weight excluding hydrogens is 216 g/mol. The van der Waals surface area contributed by atoms with Crippen molar-refractivity contribution < 1.29 is 9.84 Å². The molecule has 1 aromatic heterocycles. The highest BCUT2D eigenvalue weighted by atomic mass is 32.1. The van der Waals surface area contributed by atoms with E-state index in [0.717, 1.165) is 25.5 Å². The molecule has 1 saturated heterocycles. The van der Waals surface area contributed by atoms with Crippen LogP contribution in [-0.4, -0.2) is 27.4 Å². The van der Waals surface area contributed by atoms with Gasteiger partial charge in [-0.25, -0.2) is 0 Å². The minimum absolute atomic E-state index is 0.0773. The second-order valence-electron chi connectivity index (χ2n) is 3.54. The van der Waals surface area contributed by atoms with Gasteiger partial charge in [0, 0.05) is 6.61 Å². The molecule has 2 N–H and O–H groups in total. The van der Waals surface area contributed by atoms with E-state index in [1.807, 2.05) is 0 Å². The van der Waals surface area contributed by atoms with Crippen LogP contribution >= 0.6 is 12.2 Å². The molecule has 6 heteroatoms. The van der Waals surface area contributed by atoms with E-state index in [4.69, 9.17) is 17.0 Å². The average molecular weight is 228 g/mol. The van der Waals surface area contributed by atoms with Gasteiger partial charge in [-0.05, 0) is 25.1 Å². The maximum atomic E-state index is 11.0. The van der Waals surface area contributed by atoms with Crippen LogP contribution in [0.2, 0.25) is 0 Å². The van der Waals surface area contributed by atoms with Crippen LogP contribution in [-0.2, 0) is 11.3 Å². The number of H-pyrrole nitrogens is 1. The highest BCUT2D eigenvalue weighted by Gasteiger charge is 2.17. The standard InChI is InChI=1S/C9H12N2O3S/c12-7-4-8(13)11(9(15)10-7)5-6-2-1-3-14-6/h4,6,13H,1-3,5H2,(H,10,12,15). The second-order valence-corrected chi connectivity index (χ2v) is 3.93. The van der Waals surface area contributed by atoms with Crippen LogP contribution in [0.4, 0.5) is 0 Å². The van der Waals surface area contributed by atoms with Gasteiger partial charge in [0.25, 0.3) is 5.56 Å². The van der Waals surface area contributed by atoms with Crippen LogP contribution in [0.5, 0.6) is 5.88 Å². The summed E-state index contributed by atoms with van der Waals surface area (Å²) in [6.45, 7) is 1.24. The molecule has 1 aliphatic heterocycles. The third kappa shape index (κ3) is 2.27. The molecule has 0 aromatic carbocycles. The lowest BCUT2D eigenvalue weighted by Gasteiger charge is -2.13. The summed E-state index contributed by atoms with van der Waals surface area (Å²) in [5.41, 5.74) is -0.388. The van der Waals surface area contributed by atoms with Gasteiger partial charge in [-0.2, -0.15) is 0 Å². The molecule has 0 aliphatic carbocycles. The van der Waals surface area contributed by atoms with Crippen molar-refractivity contribution in [1.29, 1.82) is 0 Å². The van der Waals surface area contributed by atoms with Crippen molar-refractivity contribution in [1.82, 2.24) is 9.55 Å². The molecule has 1 aromatic rings. The molecule has 2 heterocycles. The number of nitrogens with zero attached hydrogens (tertiary/aromatic N) is 1. The summed E-state index contributed by atoms with van der Waals surface area (Å²) in [5, 5.41) is 9.55. The number of rotatable bonds is 2. The van der Waals surface area contributed by atoms with Crippen molar-refractivity contribution >= 4 is 12.2 Å². The number of nitrogens with one attached hydrogen (secondary N) is 1. The fraction of sp³-hybridized carbons (Fsp3) is 0.556. The maximum absolute atomic E-state index is 11.0. The van der Waals surface area contributed by atoms with Crippen molar-refractivity contribution in [3.63, 3.8) is 0 Å². The van der Waals surface area contributed by atoms with Gasteiger partial charge in [-0.3, -0.25) is 14.3 Å². The molecule has 0 amide bonds. The lowest BCUT2D eigenvalue weighted by molar-refractivity contribution is 0.0940. The fourth-order valence-corrected chi connectivity index (χ4v) is 1.95. The van der Waals surface area contributed by atoms with E-state index >= 15 is 0 Å². The molecule has 0 spiro atoms. The lowest BCUT2D eigenvalue weighted by Crippen LogP contribution is -2.19. The first kappa shape index (κ1) is 10.4. The van der Waals surface area contributed by atoms with Crippen LogP contribution in [0, 0.1) is 4.77 Å². The van der Waals surface area contributed by atoms with Crippen molar-refractivity contribution in [2.75, 3.05) is 6.61 Å². The van der Waals surface area contributed by atoms with Crippen molar-refractivity contribution in [3.8, 4) is 5.88 Å². The highest BCUT2D eigenvalue weighted by Crippen LogP contribution is 2.16. The predicted molar refractivity (Wildman–Crippen MR) is 56.5 cm³/mol. The number of aromatic amines is 1. The van der Waals surface area contributed by atoms with E-state index in [2.05, 4.69) is 4.98 Å². The molecule has 0 saturated carbocycles. The first-order valence-corrected chi connectivity index (χ1v) is 5.22. The summed E-state index contributed by atoms with van der Waals surface area (Å²) >= 11 is 4.95. The van der Waals surface area contributed by atoms with Gasteiger partial charge in [0.15, 0.2) is 10.7 Å². The Labute approximate surface area is 91.3 Å². The SMILES string of the molecule is O=c1cc(O)n(CC2CCCO2)c(=S)[nH]1. The largest absolute Gasteiger partial charge is 0.494 e. The zero-order chi connectivity index (χ0) is 10.8. The number of hydrogen-bond donors (Lipinski definition) is 2. The smallest absolute Gasteiger partial charge is 0.255 e. The van der Waals surface area contributed by atoms with Crippen molar-refractivity contribution in [3.05, 3.63) is 21.2 Å². The second kappa shape index (κ2) is 4.16. The molecule has 0 radical (unpaired) electrons. The van der Waals surface area contributed by atoms with Gasteiger partial charge in [0.05, 0.1) is 18.7 Å². The normalized spacial score (nSPS) is 20.7. The summed E-state index contributed by atoms with van der Waals surface area (Å²) in [5.74, 6) is -0.112. The Balaban J connectivity index is 2.27. The summed E-state index contributed by atoms with van der Waals surface area (Å²) < 4.78 is 7.14. The predicted octanol–water partition coefficient (Wildman–Crippen LogP) is 0.790. The first-order valence-electron chi connectivity index (χ1n) is 4.81. The first-order chi connectivity index (χ1) is 7.16. The third-order valence-electron chi connectivity index (χ3n) is 2.42.